The number of aromatic nitrogens is 1. The molecule has 0 radical (unpaired) electrons. The van der Waals surface area contributed by atoms with E-state index in [4.69, 9.17) is 0 Å². The lowest BCUT2D eigenvalue weighted by Gasteiger charge is -2.21. The van der Waals surface area contributed by atoms with Crippen molar-refractivity contribution < 1.29 is 5.11 Å². The zero-order chi connectivity index (χ0) is 20.9. The van der Waals surface area contributed by atoms with Gasteiger partial charge in [0, 0.05) is 17.0 Å². The number of fused-ring (bicyclic) bond motifs is 3. The Morgan fingerprint density at radius 2 is 1.66 bits per heavy atom. The standard InChI is InChI=1S/C25H26N2O2/c1-14-7-6-8-19-21(14)25(29)26-24-15(2)13-20(28)22(23(19)24)18-11-9-17(10-12-18)16(3)27(4)5/h6-13,16,28H,1-5H3,(H,26,29)/t16-/m1/s1. The number of aryl methyl sites for hydroxylation is 2. The van der Waals surface area contributed by atoms with Gasteiger partial charge in [-0.05, 0) is 68.6 Å². The van der Waals surface area contributed by atoms with Crippen molar-refractivity contribution in [3.05, 3.63) is 75.6 Å². The highest BCUT2D eigenvalue weighted by atomic mass is 16.3. The van der Waals surface area contributed by atoms with E-state index in [1.807, 2.05) is 44.2 Å². The van der Waals surface area contributed by atoms with Crippen molar-refractivity contribution in [2.45, 2.75) is 26.8 Å². The molecule has 1 aromatic heterocycles. The number of benzene rings is 3. The Morgan fingerprint density at radius 3 is 2.31 bits per heavy atom. The van der Waals surface area contributed by atoms with Crippen LogP contribution < -0.4 is 5.56 Å². The molecule has 0 unspecified atom stereocenters. The van der Waals surface area contributed by atoms with Crippen molar-refractivity contribution in [2.75, 3.05) is 14.1 Å². The van der Waals surface area contributed by atoms with Gasteiger partial charge in [-0.1, -0.05) is 42.5 Å². The average molecular weight is 386 g/mol. The monoisotopic (exact) mass is 386 g/mol. The van der Waals surface area contributed by atoms with Crippen LogP contribution in [0.4, 0.5) is 0 Å². The van der Waals surface area contributed by atoms with Crippen LogP contribution in [0.2, 0.25) is 0 Å². The zero-order valence-electron chi connectivity index (χ0n) is 17.5. The second-order valence-electron chi connectivity index (χ2n) is 8.05. The normalized spacial score (nSPS) is 12.8. The Hall–Kier alpha value is -3.11. The lowest BCUT2D eigenvalue weighted by atomic mass is 9.92. The lowest BCUT2D eigenvalue weighted by Crippen LogP contribution is -2.16. The Labute approximate surface area is 170 Å². The summed E-state index contributed by atoms with van der Waals surface area (Å²) in [6, 6.07) is 16.2. The molecule has 0 saturated heterocycles. The first-order valence-electron chi connectivity index (χ1n) is 9.84. The van der Waals surface area contributed by atoms with Gasteiger partial charge >= 0.3 is 0 Å². The molecular weight excluding hydrogens is 360 g/mol. The number of phenols is 1. The van der Waals surface area contributed by atoms with Crippen molar-refractivity contribution >= 4 is 21.7 Å². The van der Waals surface area contributed by atoms with Crippen molar-refractivity contribution in [3.8, 4) is 16.9 Å². The van der Waals surface area contributed by atoms with Crippen molar-refractivity contribution in [1.29, 1.82) is 0 Å². The lowest BCUT2D eigenvalue weighted by molar-refractivity contribution is 0.321. The van der Waals surface area contributed by atoms with Crippen LogP contribution in [0.5, 0.6) is 5.75 Å². The van der Waals surface area contributed by atoms with Crippen LogP contribution in [0.15, 0.2) is 53.3 Å². The summed E-state index contributed by atoms with van der Waals surface area (Å²) >= 11 is 0. The minimum atomic E-state index is -0.0968. The molecule has 0 aliphatic heterocycles. The van der Waals surface area contributed by atoms with Gasteiger partial charge in [-0.3, -0.25) is 4.79 Å². The summed E-state index contributed by atoms with van der Waals surface area (Å²) in [5.41, 5.74) is 5.34. The first kappa shape index (κ1) is 19.2. The number of aromatic amines is 1. The van der Waals surface area contributed by atoms with Crippen molar-refractivity contribution in [3.63, 3.8) is 0 Å². The molecule has 0 saturated carbocycles. The number of nitrogens with zero attached hydrogens (tertiary/aromatic N) is 1. The maximum atomic E-state index is 12.8. The van der Waals surface area contributed by atoms with Crippen LogP contribution in [0.25, 0.3) is 32.8 Å². The molecule has 3 aromatic carbocycles. The molecule has 0 aliphatic rings. The predicted molar refractivity (Wildman–Crippen MR) is 121 cm³/mol. The third kappa shape index (κ3) is 3.10. The number of H-pyrrole nitrogens is 1. The summed E-state index contributed by atoms with van der Waals surface area (Å²) in [7, 11) is 4.12. The highest BCUT2D eigenvalue weighted by Crippen LogP contribution is 2.41. The Bertz CT molecular complexity index is 1280. The van der Waals surface area contributed by atoms with E-state index in [0.717, 1.165) is 38.5 Å². The van der Waals surface area contributed by atoms with Crippen LogP contribution in [0.3, 0.4) is 0 Å². The average Bonchev–Trinajstić information content (AvgIpc) is 2.68. The summed E-state index contributed by atoms with van der Waals surface area (Å²) in [5, 5.41) is 13.3. The molecule has 4 rings (SSSR count). The molecule has 4 heteroatoms. The van der Waals surface area contributed by atoms with Crippen molar-refractivity contribution in [1.82, 2.24) is 9.88 Å². The molecule has 0 amide bonds. The van der Waals surface area contributed by atoms with Crippen LogP contribution in [-0.2, 0) is 0 Å². The van der Waals surface area contributed by atoms with Gasteiger partial charge in [0.15, 0.2) is 0 Å². The fourth-order valence-electron chi connectivity index (χ4n) is 4.10. The fourth-order valence-corrected chi connectivity index (χ4v) is 4.10. The number of nitrogens with one attached hydrogen (secondary N) is 1. The predicted octanol–water partition coefficient (Wildman–Crippen LogP) is 5.29. The molecule has 0 fully saturated rings. The minimum Gasteiger partial charge on any atom is -0.507 e. The maximum absolute atomic E-state index is 12.8. The molecule has 2 N–H and O–H groups in total. The second kappa shape index (κ2) is 7.05. The highest BCUT2D eigenvalue weighted by molar-refractivity contribution is 6.15. The van der Waals surface area contributed by atoms with Gasteiger partial charge in [0.2, 0.25) is 0 Å². The topological polar surface area (TPSA) is 56.3 Å². The first-order chi connectivity index (χ1) is 13.8. The van der Waals surface area contributed by atoms with E-state index >= 15 is 0 Å². The Kier molecular flexibility index (Phi) is 4.67. The molecule has 4 aromatic rings. The molecule has 0 spiro atoms. The zero-order valence-corrected chi connectivity index (χ0v) is 17.5. The summed E-state index contributed by atoms with van der Waals surface area (Å²) in [4.78, 5) is 18.0. The number of hydrogen-bond donors (Lipinski definition) is 2. The van der Waals surface area contributed by atoms with Gasteiger partial charge in [-0.15, -0.1) is 0 Å². The van der Waals surface area contributed by atoms with Crippen LogP contribution in [-0.4, -0.2) is 29.1 Å². The van der Waals surface area contributed by atoms with Gasteiger partial charge < -0.3 is 15.0 Å². The fraction of sp³-hybridized carbons (Fsp3) is 0.240. The molecule has 29 heavy (non-hydrogen) atoms. The van der Waals surface area contributed by atoms with Gasteiger partial charge in [0.25, 0.3) is 5.56 Å². The molecule has 0 bridgehead atoms. The molecule has 1 atom stereocenters. The van der Waals surface area contributed by atoms with E-state index in [1.165, 1.54) is 5.56 Å². The summed E-state index contributed by atoms with van der Waals surface area (Å²) in [6.07, 6.45) is 0. The van der Waals surface area contributed by atoms with Gasteiger partial charge in [-0.25, -0.2) is 0 Å². The van der Waals surface area contributed by atoms with Gasteiger partial charge in [0.1, 0.15) is 5.75 Å². The molecule has 4 nitrogen and oxygen atoms in total. The number of pyridine rings is 1. The second-order valence-corrected chi connectivity index (χ2v) is 8.05. The van der Waals surface area contributed by atoms with Crippen LogP contribution in [0.1, 0.15) is 29.7 Å². The highest BCUT2D eigenvalue weighted by Gasteiger charge is 2.18. The Morgan fingerprint density at radius 1 is 0.966 bits per heavy atom. The van der Waals surface area contributed by atoms with Gasteiger partial charge in [0.05, 0.1) is 10.9 Å². The summed E-state index contributed by atoms with van der Waals surface area (Å²) in [5.74, 6) is 0.221. The largest absolute Gasteiger partial charge is 0.507 e. The molecular formula is C25H26N2O2. The van der Waals surface area contributed by atoms with E-state index in [1.54, 1.807) is 6.07 Å². The third-order valence-electron chi connectivity index (χ3n) is 5.97. The van der Waals surface area contributed by atoms with Crippen LogP contribution >= 0.6 is 0 Å². The molecule has 148 valence electrons. The van der Waals surface area contributed by atoms with E-state index in [9.17, 15) is 9.90 Å². The van der Waals surface area contributed by atoms with Gasteiger partial charge in [-0.2, -0.15) is 0 Å². The summed E-state index contributed by atoms with van der Waals surface area (Å²) in [6.45, 7) is 6.01. The summed E-state index contributed by atoms with van der Waals surface area (Å²) < 4.78 is 0. The van der Waals surface area contributed by atoms with E-state index < -0.39 is 0 Å². The van der Waals surface area contributed by atoms with E-state index in [0.29, 0.717) is 11.4 Å². The minimum absolute atomic E-state index is 0.0968. The molecule has 1 heterocycles. The van der Waals surface area contributed by atoms with E-state index in [-0.39, 0.29) is 11.3 Å². The molecule has 0 aliphatic carbocycles. The smallest absolute Gasteiger partial charge is 0.256 e. The quantitative estimate of drug-likeness (QED) is 0.470. The van der Waals surface area contributed by atoms with E-state index in [2.05, 4.69) is 43.0 Å². The Balaban J connectivity index is 2.07. The maximum Gasteiger partial charge on any atom is 0.256 e. The van der Waals surface area contributed by atoms with Crippen molar-refractivity contribution in [2.24, 2.45) is 0 Å². The number of aromatic hydroxyl groups is 1. The third-order valence-corrected chi connectivity index (χ3v) is 5.97. The number of hydrogen-bond acceptors (Lipinski definition) is 3. The SMILES string of the molecule is Cc1cc(O)c(-c2ccc([C@@H](C)N(C)C)cc2)c2c1[nH]c(=O)c1c(C)cccc12. The first-order valence-corrected chi connectivity index (χ1v) is 9.84. The number of rotatable bonds is 3. The van der Waals surface area contributed by atoms with Crippen LogP contribution in [0, 0.1) is 13.8 Å². The number of phenolic OH excluding ortho intramolecular Hbond substituents is 1.